The van der Waals surface area contributed by atoms with Gasteiger partial charge in [0.25, 0.3) is 6.43 Å². The van der Waals surface area contributed by atoms with Gasteiger partial charge >= 0.3 is 0 Å². The van der Waals surface area contributed by atoms with E-state index >= 15 is 0 Å². The maximum atomic E-state index is 12.1. The van der Waals surface area contributed by atoms with Gasteiger partial charge in [-0.3, -0.25) is 0 Å². The Bertz CT molecular complexity index is 330. The van der Waals surface area contributed by atoms with E-state index < -0.39 is 6.43 Å². The van der Waals surface area contributed by atoms with E-state index in [2.05, 4.69) is 11.4 Å². The van der Waals surface area contributed by atoms with Gasteiger partial charge in [-0.25, -0.2) is 8.78 Å². The molecular formula is C11H13F2NS. The summed E-state index contributed by atoms with van der Waals surface area (Å²) in [5.74, 6) is 1.87. The van der Waals surface area contributed by atoms with E-state index in [1.807, 2.05) is 18.2 Å². The summed E-state index contributed by atoms with van der Waals surface area (Å²) in [5, 5.41) is 2.91. The third kappa shape index (κ3) is 2.69. The Morgan fingerprint density at radius 3 is 3.00 bits per heavy atom. The molecule has 0 saturated carbocycles. The fourth-order valence-corrected chi connectivity index (χ4v) is 2.92. The van der Waals surface area contributed by atoms with Gasteiger partial charge in [-0.05, 0) is 11.1 Å². The molecule has 0 spiro atoms. The van der Waals surface area contributed by atoms with Gasteiger partial charge in [0.15, 0.2) is 0 Å². The Hall–Kier alpha value is -0.610. The number of halogens is 2. The zero-order valence-electron chi connectivity index (χ0n) is 8.25. The molecule has 1 heterocycles. The lowest BCUT2D eigenvalue weighted by Crippen LogP contribution is -2.30. The van der Waals surface area contributed by atoms with Crippen LogP contribution in [0, 0.1) is 0 Å². The topological polar surface area (TPSA) is 12.0 Å². The highest BCUT2D eigenvalue weighted by Gasteiger charge is 2.20. The monoisotopic (exact) mass is 229 g/mol. The number of alkyl halides is 2. The molecule has 0 amide bonds. The number of rotatable bonds is 3. The third-order valence-electron chi connectivity index (χ3n) is 2.49. The first-order valence-corrected chi connectivity index (χ1v) is 6.10. The lowest BCUT2D eigenvalue weighted by atomic mass is 10.0. The average molecular weight is 229 g/mol. The van der Waals surface area contributed by atoms with E-state index in [4.69, 9.17) is 0 Å². The van der Waals surface area contributed by atoms with Crippen molar-refractivity contribution in [1.82, 2.24) is 5.32 Å². The molecular weight excluding hydrogens is 216 g/mol. The summed E-state index contributed by atoms with van der Waals surface area (Å²) in [4.78, 5) is 0. The standard InChI is InChI=1S/C11H13F2NS/c12-11(13)5-14-10-7-15-6-8-3-1-2-4-9(8)10/h1-4,10-11,14H,5-7H2. The summed E-state index contributed by atoms with van der Waals surface area (Å²) in [7, 11) is 0. The molecule has 1 nitrogen and oxygen atoms in total. The Kier molecular flexibility index (Phi) is 3.59. The van der Waals surface area contributed by atoms with Gasteiger partial charge in [0, 0.05) is 17.5 Å². The van der Waals surface area contributed by atoms with Crippen molar-refractivity contribution in [3.8, 4) is 0 Å². The second-order valence-electron chi connectivity index (χ2n) is 3.57. The highest BCUT2D eigenvalue weighted by molar-refractivity contribution is 7.98. The number of hydrogen-bond acceptors (Lipinski definition) is 2. The SMILES string of the molecule is FC(F)CNC1CSCc2ccccc21. The normalized spacial score (nSPS) is 20.3. The lowest BCUT2D eigenvalue weighted by Gasteiger charge is -2.25. The van der Waals surface area contributed by atoms with Crippen LogP contribution in [0.25, 0.3) is 0 Å². The molecule has 1 aliphatic rings. The van der Waals surface area contributed by atoms with Crippen LogP contribution in [0.2, 0.25) is 0 Å². The molecule has 1 N–H and O–H groups in total. The van der Waals surface area contributed by atoms with E-state index in [1.165, 1.54) is 11.1 Å². The predicted octanol–water partition coefficient (Wildman–Crippen LogP) is 2.83. The van der Waals surface area contributed by atoms with Gasteiger partial charge in [-0.15, -0.1) is 0 Å². The van der Waals surface area contributed by atoms with Crippen molar-refractivity contribution in [2.24, 2.45) is 0 Å². The van der Waals surface area contributed by atoms with Crippen molar-refractivity contribution < 1.29 is 8.78 Å². The molecule has 4 heteroatoms. The summed E-state index contributed by atoms with van der Waals surface area (Å²) in [6, 6.07) is 8.13. The van der Waals surface area contributed by atoms with E-state index in [-0.39, 0.29) is 12.6 Å². The van der Waals surface area contributed by atoms with Gasteiger partial charge in [0.1, 0.15) is 0 Å². The fraction of sp³-hybridized carbons (Fsp3) is 0.455. The van der Waals surface area contributed by atoms with Gasteiger partial charge in [0.05, 0.1) is 6.54 Å². The van der Waals surface area contributed by atoms with Crippen LogP contribution in [0.5, 0.6) is 0 Å². The average Bonchev–Trinajstić information content (AvgIpc) is 2.26. The van der Waals surface area contributed by atoms with Crippen LogP contribution in [0.1, 0.15) is 17.2 Å². The summed E-state index contributed by atoms with van der Waals surface area (Å²) in [6.07, 6.45) is -2.27. The molecule has 1 unspecified atom stereocenters. The Balaban J connectivity index is 2.08. The number of nitrogens with one attached hydrogen (secondary N) is 1. The van der Waals surface area contributed by atoms with Crippen LogP contribution in [-0.2, 0) is 5.75 Å². The fourth-order valence-electron chi connectivity index (χ4n) is 1.78. The second kappa shape index (κ2) is 4.94. The predicted molar refractivity (Wildman–Crippen MR) is 59.4 cm³/mol. The van der Waals surface area contributed by atoms with Crippen LogP contribution in [0.3, 0.4) is 0 Å². The molecule has 1 aromatic rings. The quantitative estimate of drug-likeness (QED) is 0.855. The Labute approximate surface area is 92.3 Å². The molecule has 1 aromatic carbocycles. The van der Waals surface area contributed by atoms with E-state index in [0.29, 0.717) is 0 Å². The zero-order valence-corrected chi connectivity index (χ0v) is 9.07. The van der Waals surface area contributed by atoms with Crippen LogP contribution in [0.4, 0.5) is 8.78 Å². The maximum absolute atomic E-state index is 12.1. The highest BCUT2D eigenvalue weighted by atomic mass is 32.2. The molecule has 2 rings (SSSR count). The smallest absolute Gasteiger partial charge is 0.250 e. The van der Waals surface area contributed by atoms with Crippen molar-refractivity contribution in [2.75, 3.05) is 12.3 Å². The number of hydrogen-bond donors (Lipinski definition) is 1. The first-order valence-electron chi connectivity index (χ1n) is 4.94. The molecule has 1 aliphatic heterocycles. The summed E-state index contributed by atoms with van der Waals surface area (Å²) < 4.78 is 24.2. The van der Waals surface area contributed by atoms with E-state index in [0.717, 1.165) is 11.5 Å². The van der Waals surface area contributed by atoms with Crippen LogP contribution >= 0.6 is 11.8 Å². The van der Waals surface area contributed by atoms with Gasteiger partial charge in [-0.1, -0.05) is 24.3 Å². The molecule has 0 saturated heterocycles. The van der Waals surface area contributed by atoms with Crippen LogP contribution < -0.4 is 5.32 Å². The van der Waals surface area contributed by atoms with E-state index in [9.17, 15) is 8.78 Å². The van der Waals surface area contributed by atoms with Crippen molar-refractivity contribution in [3.63, 3.8) is 0 Å². The van der Waals surface area contributed by atoms with Crippen LogP contribution in [0.15, 0.2) is 24.3 Å². The van der Waals surface area contributed by atoms with Crippen molar-refractivity contribution in [2.45, 2.75) is 18.2 Å². The van der Waals surface area contributed by atoms with Crippen molar-refractivity contribution in [1.29, 1.82) is 0 Å². The Morgan fingerprint density at radius 1 is 1.40 bits per heavy atom. The third-order valence-corrected chi connectivity index (χ3v) is 3.58. The minimum Gasteiger partial charge on any atom is -0.304 e. The first-order chi connectivity index (χ1) is 7.27. The van der Waals surface area contributed by atoms with Crippen LogP contribution in [-0.4, -0.2) is 18.7 Å². The molecule has 82 valence electrons. The summed E-state index contributed by atoms with van der Waals surface area (Å²) in [5.41, 5.74) is 2.44. The largest absolute Gasteiger partial charge is 0.304 e. The summed E-state index contributed by atoms with van der Waals surface area (Å²) in [6.45, 7) is -0.223. The minimum absolute atomic E-state index is 0.0777. The molecule has 0 fully saturated rings. The zero-order chi connectivity index (χ0) is 10.7. The van der Waals surface area contributed by atoms with Crippen molar-refractivity contribution in [3.05, 3.63) is 35.4 Å². The van der Waals surface area contributed by atoms with Gasteiger partial charge in [-0.2, -0.15) is 11.8 Å². The molecule has 0 aromatic heterocycles. The lowest BCUT2D eigenvalue weighted by molar-refractivity contribution is 0.142. The van der Waals surface area contributed by atoms with E-state index in [1.54, 1.807) is 11.8 Å². The molecule has 0 bridgehead atoms. The minimum atomic E-state index is -2.27. The second-order valence-corrected chi connectivity index (χ2v) is 4.60. The van der Waals surface area contributed by atoms with Gasteiger partial charge < -0.3 is 5.32 Å². The molecule has 0 radical (unpaired) electrons. The number of thioether (sulfide) groups is 1. The Morgan fingerprint density at radius 2 is 2.20 bits per heavy atom. The number of benzene rings is 1. The summed E-state index contributed by atoms with van der Waals surface area (Å²) >= 11 is 1.79. The molecule has 0 aliphatic carbocycles. The van der Waals surface area contributed by atoms with Crippen molar-refractivity contribution >= 4 is 11.8 Å². The maximum Gasteiger partial charge on any atom is 0.250 e. The molecule has 1 atom stereocenters. The first kappa shape index (κ1) is 10.9. The van der Waals surface area contributed by atoms with Gasteiger partial charge in [0.2, 0.25) is 0 Å². The number of fused-ring (bicyclic) bond motifs is 1. The highest BCUT2D eigenvalue weighted by Crippen LogP contribution is 2.31. The molecule has 15 heavy (non-hydrogen) atoms.